The number of allylic oxidation sites excluding steroid dienone is 7. The van der Waals surface area contributed by atoms with Gasteiger partial charge < -0.3 is 27.9 Å². The fourth-order valence-electron chi connectivity index (χ4n) is 5.53. The summed E-state index contributed by atoms with van der Waals surface area (Å²) in [5.41, 5.74) is 0. The Morgan fingerprint density at radius 1 is 0.630 bits per heavy atom. The number of phosphoric acid groups is 1. The predicted octanol–water partition coefficient (Wildman–Crippen LogP) is 11.3. The summed E-state index contributed by atoms with van der Waals surface area (Å²) in [5.74, 6) is -1.11. The van der Waals surface area contributed by atoms with Gasteiger partial charge in [0.05, 0.1) is 27.7 Å². The molecule has 10 heteroatoms. The Bertz CT molecular complexity index is 1070. The minimum absolute atomic E-state index is 0.0501. The van der Waals surface area contributed by atoms with Crippen LogP contribution < -0.4 is 4.89 Å². The second-order valence-corrected chi connectivity index (χ2v) is 16.8. The Labute approximate surface area is 331 Å². The van der Waals surface area contributed by atoms with Crippen molar-refractivity contribution in [2.45, 2.75) is 174 Å². The number of quaternary nitrogens is 1. The third kappa shape index (κ3) is 39.7. The number of hydrogen-bond acceptors (Lipinski definition) is 8. The van der Waals surface area contributed by atoms with Gasteiger partial charge in [-0.2, -0.15) is 0 Å². The summed E-state index contributed by atoms with van der Waals surface area (Å²) in [6, 6.07) is 0. The Kier molecular flexibility index (Phi) is 35.2. The average Bonchev–Trinajstić information content (AvgIpc) is 3.12. The third-order valence-corrected chi connectivity index (χ3v) is 9.89. The molecule has 2 atom stereocenters. The van der Waals surface area contributed by atoms with Crippen molar-refractivity contribution in [2.75, 3.05) is 47.5 Å². The van der Waals surface area contributed by atoms with Crippen LogP contribution in [0.2, 0.25) is 0 Å². The van der Waals surface area contributed by atoms with Crippen LogP contribution in [-0.4, -0.2) is 70.0 Å². The highest BCUT2D eigenvalue weighted by Crippen LogP contribution is 2.38. The molecule has 1 unspecified atom stereocenters. The van der Waals surface area contributed by atoms with E-state index in [1.54, 1.807) is 6.08 Å². The molecule has 0 fully saturated rings. The number of rotatable bonds is 38. The summed E-state index contributed by atoms with van der Waals surface area (Å²) in [6.45, 7) is 4.05. The van der Waals surface area contributed by atoms with E-state index in [0.717, 1.165) is 51.4 Å². The summed E-state index contributed by atoms with van der Waals surface area (Å²) < 4.78 is 33.6. The van der Waals surface area contributed by atoms with Crippen LogP contribution in [0.5, 0.6) is 0 Å². The van der Waals surface area contributed by atoms with Gasteiger partial charge in [-0.3, -0.25) is 9.36 Å². The molecule has 0 aromatic carbocycles. The van der Waals surface area contributed by atoms with E-state index >= 15 is 0 Å². The largest absolute Gasteiger partial charge is 0.756 e. The lowest BCUT2D eigenvalue weighted by Crippen LogP contribution is -2.37. The summed E-state index contributed by atoms with van der Waals surface area (Å²) >= 11 is 0. The van der Waals surface area contributed by atoms with Gasteiger partial charge in [0.2, 0.25) is 0 Å². The highest BCUT2D eigenvalue weighted by atomic mass is 31.2. The molecule has 0 aliphatic rings. The summed E-state index contributed by atoms with van der Waals surface area (Å²) in [7, 11) is 1.10. The lowest BCUT2D eigenvalue weighted by Gasteiger charge is -2.28. The summed E-state index contributed by atoms with van der Waals surface area (Å²) in [5, 5.41) is 0. The van der Waals surface area contributed by atoms with Crippen LogP contribution in [0.15, 0.2) is 48.6 Å². The highest BCUT2D eigenvalue weighted by molar-refractivity contribution is 7.45. The molecule has 314 valence electrons. The molecular formula is C44H80NO8P. The number of hydrogen-bond donors (Lipinski definition) is 0. The molecular weight excluding hydrogens is 701 g/mol. The van der Waals surface area contributed by atoms with Crippen LogP contribution in [0.1, 0.15) is 168 Å². The van der Waals surface area contributed by atoms with Gasteiger partial charge in [0.25, 0.3) is 7.82 Å². The van der Waals surface area contributed by atoms with Crippen LogP contribution in [0.3, 0.4) is 0 Å². The fourth-order valence-corrected chi connectivity index (χ4v) is 6.26. The summed E-state index contributed by atoms with van der Waals surface area (Å²) in [4.78, 5) is 37.3. The molecule has 0 aromatic rings. The first kappa shape index (κ1) is 52.0. The summed E-state index contributed by atoms with van der Waals surface area (Å²) in [6.07, 6.45) is 42.0. The van der Waals surface area contributed by atoms with Gasteiger partial charge >= 0.3 is 11.9 Å². The second-order valence-electron chi connectivity index (χ2n) is 15.4. The molecule has 54 heavy (non-hydrogen) atoms. The third-order valence-electron chi connectivity index (χ3n) is 8.93. The van der Waals surface area contributed by atoms with Gasteiger partial charge in [0, 0.05) is 12.5 Å². The average molecular weight is 782 g/mol. The first-order chi connectivity index (χ1) is 26.0. The maximum Gasteiger partial charge on any atom is 0.331 e. The first-order valence-electron chi connectivity index (χ1n) is 21.4. The molecule has 0 rings (SSSR count). The minimum atomic E-state index is -4.65. The molecule has 0 N–H and O–H groups in total. The van der Waals surface area contributed by atoms with Crippen molar-refractivity contribution in [3.63, 3.8) is 0 Å². The zero-order valence-electron chi connectivity index (χ0n) is 35.2. The van der Waals surface area contributed by atoms with E-state index in [-0.39, 0.29) is 19.6 Å². The van der Waals surface area contributed by atoms with E-state index in [9.17, 15) is 19.0 Å². The zero-order valence-corrected chi connectivity index (χ0v) is 36.0. The fraction of sp³-hybridized carbons (Fsp3) is 0.773. The monoisotopic (exact) mass is 782 g/mol. The van der Waals surface area contributed by atoms with Crippen LogP contribution in [0, 0.1) is 0 Å². The molecule has 0 heterocycles. The number of carbonyl (C=O) groups is 2. The first-order valence-corrected chi connectivity index (χ1v) is 22.8. The van der Waals surface area contributed by atoms with Gasteiger partial charge in [0.15, 0.2) is 6.10 Å². The van der Waals surface area contributed by atoms with Crippen LogP contribution in [0.25, 0.3) is 0 Å². The number of phosphoric ester groups is 1. The second kappa shape index (κ2) is 36.6. The number of likely N-dealkylation sites (N-methyl/N-ethyl adjacent to an activating group) is 1. The number of nitrogens with zero attached hydrogens (tertiary/aromatic N) is 1. The zero-order chi connectivity index (χ0) is 40.0. The highest BCUT2D eigenvalue weighted by Gasteiger charge is 2.21. The molecule has 0 radical (unpaired) electrons. The van der Waals surface area contributed by atoms with Crippen molar-refractivity contribution in [3.05, 3.63) is 48.6 Å². The Balaban J connectivity index is 4.51. The van der Waals surface area contributed by atoms with Crippen molar-refractivity contribution in [2.24, 2.45) is 0 Å². The molecule has 0 spiro atoms. The van der Waals surface area contributed by atoms with E-state index in [0.29, 0.717) is 17.4 Å². The molecule has 0 bridgehead atoms. The Hall–Kier alpha value is -2.03. The maximum absolute atomic E-state index is 12.5. The number of unbranched alkanes of at least 4 members (excludes halogenated alkanes) is 19. The number of ether oxygens (including phenoxy) is 2. The van der Waals surface area contributed by atoms with Gasteiger partial charge in [-0.1, -0.05) is 153 Å². The van der Waals surface area contributed by atoms with Gasteiger partial charge in [-0.25, -0.2) is 4.79 Å². The topological polar surface area (TPSA) is 111 Å². The van der Waals surface area contributed by atoms with E-state index < -0.39 is 32.5 Å². The SMILES string of the molecule is CCCCC/C=C/C/C=C/CCCCCCCC(=O)OC[C@H](COP(=O)([O-])OCC[N+](C)(C)C)OC(=O)/C=C/C=C/CCCCCCCCCCCCC. The lowest BCUT2D eigenvalue weighted by molar-refractivity contribution is -0.870. The van der Waals surface area contributed by atoms with Gasteiger partial charge in [0.1, 0.15) is 19.8 Å². The van der Waals surface area contributed by atoms with E-state index in [1.807, 2.05) is 33.3 Å². The smallest absolute Gasteiger partial charge is 0.331 e. The van der Waals surface area contributed by atoms with Crippen LogP contribution in [0.4, 0.5) is 0 Å². The van der Waals surface area contributed by atoms with Gasteiger partial charge in [-0.05, 0) is 51.4 Å². The maximum atomic E-state index is 12.5. The van der Waals surface area contributed by atoms with Gasteiger partial charge in [-0.15, -0.1) is 0 Å². The molecule has 9 nitrogen and oxygen atoms in total. The van der Waals surface area contributed by atoms with Crippen molar-refractivity contribution in [1.82, 2.24) is 0 Å². The van der Waals surface area contributed by atoms with E-state index in [1.165, 1.54) is 96.0 Å². The van der Waals surface area contributed by atoms with Crippen LogP contribution >= 0.6 is 7.82 Å². The predicted molar refractivity (Wildman–Crippen MR) is 222 cm³/mol. The normalized spacial score (nSPS) is 14.1. The Morgan fingerprint density at radius 3 is 1.70 bits per heavy atom. The van der Waals surface area contributed by atoms with E-state index in [4.69, 9.17) is 18.5 Å². The van der Waals surface area contributed by atoms with Crippen LogP contribution in [-0.2, 0) is 32.7 Å². The lowest BCUT2D eigenvalue weighted by atomic mass is 10.1. The molecule has 0 amide bonds. The standard InChI is InChI=1S/C44H80NO8P/c1-6-8-10-12-14-16-18-20-22-24-26-28-30-32-34-36-43(46)50-40-42(41-52-54(48,49)51-39-38-45(3,4)5)53-44(47)37-35-33-31-29-27-25-23-21-19-17-15-13-11-9-7-2/h14,16,20,22,31,33,35,37,42H,6-13,15,17-19,21,23-30,32,34,36,38-41H2,1-5H3/b16-14+,22-20+,33-31+,37-35+/t42-/m1/s1. The van der Waals surface area contributed by atoms with Crippen molar-refractivity contribution in [1.29, 1.82) is 0 Å². The molecule has 0 aliphatic carbocycles. The van der Waals surface area contributed by atoms with Crippen molar-refractivity contribution in [3.8, 4) is 0 Å². The van der Waals surface area contributed by atoms with Crippen molar-refractivity contribution >= 4 is 19.8 Å². The number of carbonyl (C=O) groups excluding carboxylic acids is 2. The quantitative estimate of drug-likeness (QED) is 0.0116. The Morgan fingerprint density at radius 2 is 1.13 bits per heavy atom. The van der Waals surface area contributed by atoms with E-state index in [2.05, 4.69) is 38.2 Å². The molecule has 0 aliphatic heterocycles. The minimum Gasteiger partial charge on any atom is -0.756 e. The number of esters is 2. The molecule has 0 aromatic heterocycles. The van der Waals surface area contributed by atoms with Crippen molar-refractivity contribution < 1.29 is 42.1 Å². The molecule has 0 saturated heterocycles. The molecule has 0 saturated carbocycles.